The molecule has 0 spiro atoms. The van der Waals surface area contributed by atoms with Crippen molar-refractivity contribution in [2.24, 2.45) is 7.05 Å². The average molecular weight is 410 g/mol. The number of halogens is 1. The highest BCUT2D eigenvalue weighted by molar-refractivity contribution is 5.83. The van der Waals surface area contributed by atoms with Gasteiger partial charge in [0.25, 0.3) is 0 Å². The predicted octanol–water partition coefficient (Wildman–Crippen LogP) is 2.16. The van der Waals surface area contributed by atoms with Gasteiger partial charge >= 0.3 is 0 Å². The number of H-pyrrole nitrogens is 1. The minimum atomic E-state index is -0.641. The second kappa shape index (κ2) is 6.49. The van der Waals surface area contributed by atoms with E-state index < -0.39 is 11.9 Å². The first-order valence-corrected chi connectivity index (χ1v) is 9.77. The van der Waals surface area contributed by atoms with Crippen molar-refractivity contribution in [3.8, 4) is 17.4 Å². The third-order valence-corrected chi connectivity index (χ3v) is 5.79. The van der Waals surface area contributed by atoms with Gasteiger partial charge in [0.1, 0.15) is 24.0 Å². The molecule has 2 N–H and O–H groups in total. The summed E-state index contributed by atoms with van der Waals surface area (Å²) < 4.78 is 33.9. The highest BCUT2D eigenvalue weighted by Crippen LogP contribution is 2.32. The van der Waals surface area contributed by atoms with Gasteiger partial charge in [-0.3, -0.25) is 0 Å². The van der Waals surface area contributed by atoms with Gasteiger partial charge < -0.3 is 28.9 Å². The van der Waals surface area contributed by atoms with Crippen LogP contribution in [-0.4, -0.2) is 62.3 Å². The molecule has 0 bridgehead atoms. The molecule has 9 heteroatoms. The number of hydrogen-bond acceptors (Lipinski definition) is 6. The Morgan fingerprint density at radius 2 is 1.97 bits per heavy atom. The summed E-state index contributed by atoms with van der Waals surface area (Å²) in [5, 5.41) is 9.87. The van der Waals surface area contributed by atoms with Crippen molar-refractivity contribution in [3.63, 3.8) is 0 Å². The van der Waals surface area contributed by atoms with Crippen molar-refractivity contribution in [2.75, 3.05) is 13.2 Å². The van der Waals surface area contributed by atoms with Gasteiger partial charge in [-0.2, -0.15) is 0 Å². The molecule has 6 rings (SSSR count). The Bertz CT molecular complexity index is 1270. The topological polar surface area (TPSA) is 94.4 Å². The number of rotatable bonds is 3. The zero-order chi connectivity index (χ0) is 20.4. The number of aliphatic hydroxyl groups is 1. The summed E-state index contributed by atoms with van der Waals surface area (Å²) >= 11 is 0. The Morgan fingerprint density at radius 3 is 2.83 bits per heavy atom. The molecule has 2 aliphatic heterocycles. The molecule has 0 saturated carbocycles. The molecule has 0 aliphatic carbocycles. The second-order valence-electron chi connectivity index (χ2n) is 7.69. The molecule has 4 aromatic rings. The van der Waals surface area contributed by atoms with E-state index in [1.54, 1.807) is 6.07 Å². The van der Waals surface area contributed by atoms with Gasteiger partial charge in [0.15, 0.2) is 23.6 Å². The first kappa shape index (κ1) is 17.8. The fourth-order valence-electron chi connectivity index (χ4n) is 4.29. The van der Waals surface area contributed by atoms with Gasteiger partial charge in [0, 0.05) is 19.2 Å². The number of aliphatic hydroxyl groups excluding tert-OH is 1. The summed E-state index contributed by atoms with van der Waals surface area (Å²) in [5.74, 6) is 0.429. The number of hydrogen-bond donors (Lipinski definition) is 2. The van der Waals surface area contributed by atoms with Crippen LogP contribution in [-0.2, 0) is 16.5 Å². The summed E-state index contributed by atoms with van der Waals surface area (Å²) in [6.45, 7) is 0.546. The van der Waals surface area contributed by atoms with Crippen LogP contribution in [0.1, 0.15) is 0 Å². The first-order chi connectivity index (χ1) is 14.6. The van der Waals surface area contributed by atoms with Crippen LogP contribution >= 0.6 is 0 Å². The predicted molar refractivity (Wildman–Crippen MR) is 106 cm³/mol. The van der Waals surface area contributed by atoms with E-state index in [0.29, 0.717) is 29.3 Å². The monoisotopic (exact) mass is 410 g/mol. The van der Waals surface area contributed by atoms with E-state index >= 15 is 0 Å². The molecule has 1 aromatic carbocycles. The Morgan fingerprint density at radius 1 is 1.13 bits per heavy atom. The van der Waals surface area contributed by atoms with Crippen LogP contribution in [0.3, 0.4) is 0 Å². The lowest BCUT2D eigenvalue weighted by molar-refractivity contribution is 0.00794. The summed E-state index contributed by atoms with van der Waals surface area (Å²) in [4.78, 5) is 12.1. The molecule has 5 heterocycles. The van der Waals surface area contributed by atoms with Crippen LogP contribution < -0.4 is 4.74 Å². The molecule has 2 fully saturated rings. The third kappa shape index (κ3) is 2.63. The molecule has 0 radical (unpaired) electrons. The Hall–Kier alpha value is -3.01. The molecular formula is C21H19FN4O4. The number of imidazole rings is 1. The van der Waals surface area contributed by atoms with E-state index in [1.807, 2.05) is 35.9 Å². The highest BCUT2D eigenvalue weighted by atomic mass is 19.1. The van der Waals surface area contributed by atoms with Gasteiger partial charge in [-0.25, -0.2) is 14.4 Å². The lowest BCUT2D eigenvalue weighted by Crippen LogP contribution is -2.34. The van der Waals surface area contributed by atoms with Crippen LogP contribution in [0, 0.1) is 5.82 Å². The van der Waals surface area contributed by atoms with Crippen molar-refractivity contribution in [1.29, 1.82) is 0 Å². The number of fused-ring (bicyclic) bond motifs is 3. The maximum atomic E-state index is 14.9. The van der Waals surface area contributed by atoms with Crippen molar-refractivity contribution in [2.45, 2.75) is 24.4 Å². The first-order valence-electron chi connectivity index (χ1n) is 9.77. The molecular weight excluding hydrogens is 391 g/mol. The van der Waals surface area contributed by atoms with Crippen molar-refractivity contribution >= 4 is 22.1 Å². The molecule has 2 saturated heterocycles. The quantitative estimate of drug-likeness (QED) is 0.538. The standard InChI is InChI=1S/C21H19FN4O4/c1-26-14-5-3-2-4-11(14)25-21(26)18-10(22)6-12-13(24-18)7-17(23-12)30-16-9-29-19-15(27)8-28-20(16)19/h2-7,15-16,19-20,23,27H,8-9H2,1H3/t15-,16-,19-,20-/m1/s1. The third-order valence-electron chi connectivity index (χ3n) is 5.79. The van der Waals surface area contributed by atoms with Crippen LogP contribution in [0.5, 0.6) is 5.88 Å². The number of aryl methyl sites for hydroxylation is 1. The van der Waals surface area contributed by atoms with Crippen LogP contribution in [0.25, 0.3) is 33.6 Å². The van der Waals surface area contributed by atoms with Crippen molar-refractivity contribution in [1.82, 2.24) is 19.5 Å². The van der Waals surface area contributed by atoms with E-state index in [-0.39, 0.29) is 30.6 Å². The molecule has 30 heavy (non-hydrogen) atoms. The minimum absolute atomic E-state index is 0.179. The molecule has 0 unspecified atom stereocenters. The summed E-state index contributed by atoms with van der Waals surface area (Å²) in [5.41, 5.74) is 2.95. The number of aromatic nitrogens is 4. The number of benzene rings is 1. The molecule has 2 aliphatic rings. The van der Waals surface area contributed by atoms with E-state index in [9.17, 15) is 9.50 Å². The van der Waals surface area contributed by atoms with Crippen molar-refractivity contribution in [3.05, 3.63) is 42.2 Å². The Labute approximate surface area is 170 Å². The van der Waals surface area contributed by atoms with Gasteiger partial charge in [-0.15, -0.1) is 0 Å². The lowest BCUT2D eigenvalue weighted by atomic mass is 10.1. The molecule has 4 atom stereocenters. The number of nitrogens with zero attached hydrogens (tertiary/aromatic N) is 3. The minimum Gasteiger partial charge on any atom is -0.470 e. The average Bonchev–Trinajstić information content (AvgIpc) is 3.48. The smallest absolute Gasteiger partial charge is 0.193 e. The van der Waals surface area contributed by atoms with E-state index in [0.717, 1.165) is 11.0 Å². The molecule has 3 aromatic heterocycles. The largest absolute Gasteiger partial charge is 0.470 e. The number of aromatic amines is 1. The molecule has 154 valence electrons. The fraction of sp³-hybridized carbons (Fsp3) is 0.333. The Balaban J connectivity index is 1.35. The second-order valence-corrected chi connectivity index (χ2v) is 7.69. The van der Waals surface area contributed by atoms with Crippen LogP contribution in [0.2, 0.25) is 0 Å². The van der Waals surface area contributed by atoms with Crippen LogP contribution in [0.4, 0.5) is 4.39 Å². The number of pyridine rings is 1. The zero-order valence-electron chi connectivity index (χ0n) is 16.1. The number of nitrogens with one attached hydrogen (secondary N) is 1. The normalized spacial score (nSPS) is 26.0. The molecule has 8 nitrogen and oxygen atoms in total. The van der Waals surface area contributed by atoms with E-state index in [1.165, 1.54) is 6.07 Å². The van der Waals surface area contributed by atoms with Gasteiger partial charge in [-0.05, 0) is 12.1 Å². The van der Waals surface area contributed by atoms with E-state index in [2.05, 4.69) is 15.0 Å². The molecule has 0 amide bonds. The summed E-state index contributed by atoms with van der Waals surface area (Å²) in [6.07, 6.45) is -1.70. The highest BCUT2D eigenvalue weighted by Gasteiger charge is 2.48. The van der Waals surface area contributed by atoms with E-state index in [4.69, 9.17) is 14.2 Å². The maximum absolute atomic E-state index is 14.9. The number of para-hydroxylation sites is 2. The van der Waals surface area contributed by atoms with Gasteiger partial charge in [0.05, 0.1) is 35.3 Å². The maximum Gasteiger partial charge on any atom is 0.193 e. The lowest BCUT2D eigenvalue weighted by Gasteiger charge is -2.16. The SMILES string of the molecule is Cn1c(-c2nc3cc(O[C@@H]4CO[C@H]5[C@@H]4OC[C@H]5O)[nH]c3cc2F)nc2ccccc21. The Kier molecular flexibility index (Phi) is 3.86. The summed E-state index contributed by atoms with van der Waals surface area (Å²) in [7, 11) is 1.84. The van der Waals surface area contributed by atoms with Gasteiger partial charge in [0.2, 0.25) is 0 Å². The van der Waals surface area contributed by atoms with Crippen molar-refractivity contribution < 1.29 is 23.7 Å². The van der Waals surface area contributed by atoms with Crippen LogP contribution in [0.15, 0.2) is 36.4 Å². The number of ether oxygens (including phenoxy) is 3. The van der Waals surface area contributed by atoms with Gasteiger partial charge in [-0.1, -0.05) is 12.1 Å². The summed E-state index contributed by atoms with van der Waals surface area (Å²) in [6, 6.07) is 10.8. The fourth-order valence-corrected chi connectivity index (χ4v) is 4.29. The zero-order valence-corrected chi connectivity index (χ0v) is 16.1.